The van der Waals surface area contributed by atoms with Crippen LogP contribution in [0, 0.1) is 5.92 Å². The molecule has 0 aromatic carbocycles. The molecule has 0 spiro atoms. The summed E-state index contributed by atoms with van der Waals surface area (Å²) in [5, 5.41) is 13.4. The molecule has 0 amide bonds. The van der Waals surface area contributed by atoms with E-state index < -0.39 is 11.9 Å². The molecule has 106 valence electrons. The number of aromatic nitrogens is 2. The zero-order valence-electron chi connectivity index (χ0n) is 11.5. The number of hydrogen-bond donors (Lipinski definition) is 1. The highest BCUT2D eigenvalue weighted by Crippen LogP contribution is 2.22. The monoisotopic (exact) mass is 267 g/mol. The van der Waals surface area contributed by atoms with Crippen LogP contribution in [-0.4, -0.2) is 51.6 Å². The first-order valence-corrected chi connectivity index (χ1v) is 6.65. The third-order valence-electron chi connectivity index (χ3n) is 3.64. The van der Waals surface area contributed by atoms with Crippen LogP contribution in [0.2, 0.25) is 0 Å². The van der Waals surface area contributed by atoms with Crippen LogP contribution in [0.3, 0.4) is 0 Å². The quantitative estimate of drug-likeness (QED) is 0.823. The van der Waals surface area contributed by atoms with Crippen LogP contribution in [0.1, 0.15) is 19.0 Å². The average molecular weight is 267 g/mol. The number of aryl methyl sites for hydroxylation is 1. The number of hydrogen-bond acceptors (Lipinski definition) is 4. The van der Waals surface area contributed by atoms with Gasteiger partial charge in [0, 0.05) is 25.8 Å². The van der Waals surface area contributed by atoms with Crippen molar-refractivity contribution in [1.29, 1.82) is 0 Å². The minimum atomic E-state index is -0.770. The molecule has 2 unspecified atom stereocenters. The Labute approximate surface area is 113 Å². The van der Waals surface area contributed by atoms with Gasteiger partial charge in [-0.25, -0.2) is 0 Å². The molecular formula is C13H21N3O3. The number of carboxylic acids is 1. The molecule has 2 rings (SSSR count). The summed E-state index contributed by atoms with van der Waals surface area (Å²) in [6.45, 7) is 4.48. The van der Waals surface area contributed by atoms with Crippen LogP contribution in [0.25, 0.3) is 0 Å². The summed E-state index contributed by atoms with van der Waals surface area (Å²) in [6, 6.07) is 1.92. The number of rotatable bonds is 6. The molecular weight excluding hydrogens is 246 g/mol. The van der Waals surface area contributed by atoms with Gasteiger partial charge >= 0.3 is 5.97 Å². The van der Waals surface area contributed by atoms with Gasteiger partial charge in [-0.3, -0.25) is 14.4 Å². The van der Waals surface area contributed by atoms with Crippen molar-refractivity contribution in [3.63, 3.8) is 0 Å². The van der Waals surface area contributed by atoms with E-state index in [2.05, 4.69) is 16.9 Å². The van der Waals surface area contributed by atoms with Crippen LogP contribution in [-0.2, 0) is 23.1 Å². The Kier molecular flexibility index (Phi) is 4.55. The van der Waals surface area contributed by atoms with Crippen LogP contribution in [0.5, 0.6) is 0 Å². The van der Waals surface area contributed by atoms with Crippen molar-refractivity contribution < 1.29 is 14.6 Å². The molecule has 2 heterocycles. The summed E-state index contributed by atoms with van der Waals surface area (Å²) < 4.78 is 7.19. The van der Waals surface area contributed by atoms with E-state index in [4.69, 9.17) is 4.74 Å². The molecule has 0 saturated carbocycles. The SMILES string of the molecule is CCCN(Cc1ccnn1C)C1COCC1C(=O)O. The zero-order chi connectivity index (χ0) is 13.8. The van der Waals surface area contributed by atoms with Crippen molar-refractivity contribution in [3.05, 3.63) is 18.0 Å². The molecule has 1 aromatic rings. The third-order valence-corrected chi connectivity index (χ3v) is 3.64. The number of carboxylic acid groups (broad SMARTS) is 1. The molecule has 0 radical (unpaired) electrons. The first-order chi connectivity index (χ1) is 9.13. The standard InChI is InChI=1S/C13H21N3O3/c1-3-6-16(7-10-4-5-14-15(10)2)12-9-19-8-11(12)13(17)18/h4-5,11-12H,3,6-9H2,1-2H3,(H,17,18). The second-order valence-corrected chi connectivity index (χ2v) is 4.97. The van der Waals surface area contributed by atoms with Crippen LogP contribution in [0.4, 0.5) is 0 Å². The van der Waals surface area contributed by atoms with E-state index in [0.717, 1.165) is 18.7 Å². The Balaban J connectivity index is 2.11. The van der Waals surface area contributed by atoms with Crippen molar-refractivity contribution in [2.24, 2.45) is 13.0 Å². The fourth-order valence-electron chi connectivity index (χ4n) is 2.55. The zero-order valence-corrected chi connectivity index (χ0v) is 11.5. The molecule has 1 aliphatic heterocycles. The summed E-state index contributed by atoms with van der Waals surface area (Å²) in [7, 11) is 1.90. The van der Waals surface area contributed by atoms with E-state index in [1.807, 2.05) is 17.8 Å². The van der Waals surface area contributed by atoms with Crippen molar-refractivity contribution in [2.75, 3.05) is 19.8 Å². The molecule has 1 fully saturated rings. The van der Waals surface area contributed by atoms with Gasteiger partial charge in [0.25, 0.3) is 0 Å². The third kappa shape index (κ3) is 3.13. The lowest BCUT2D eigenvalue weighted by Crippen LogP contribution is -2.43. The summed E-state index contributed by atoms with van der Waals surface area (Å²) in [5.41, 5.74) is 1.09. The molecule has 19 heavy (non-hydrogen) atoms. The second kappa shape index (κ2) is 6.16. The molecule has 0 aliphatic carbocycles. The maximum Gasteiger partial charge on any atom is 0.310 e. The van der Waals surface area contributed by atoms with Crippen molar-refractivity contribution in [3.8, 4) is 0 Å². The summed E-state index contributed by atoms with van der Waals surface area (Å²) in [4.78, 5) is 13.5. The second-order valence-electron chi connectivity index (χ2n) is 4.97. The van der Waals surface area contributed by atoms with Gasteiger partial charge in [0.15, 0.2) is 0 Å². The largest absolute Gasteiger partial charge is 0.481 e. The first kappa shape index (κ1) is 14.0. The van der Waals surface area contributed by atoms with Crippen LogP contribution >= 0.6 is 0 Å². The Morgan fingerprint density at radius 2 is 2.42 bits per heavy atom. The Morgan fingerprint density at radius 1 is 1.63 bits per heavy atom. The van der Waals surface area contributed by atoms with E-state index in [1.165, 1.54) is 0 Å². The number of ether oxygens (including phenoxy) is 1. The predicted molar refractivity (Wildman–Crippen MR) is 69.6 cm³/mol. The van der Waals surface area contributed by atoms with Crippen LogP contribution in [0.15, 0.2) is 12.3 Å². The van der Waals surface area contributed by atoms with Gasteiger partial charge in [-0.15, -0.1) is 0 Å². The van der Waals surface area contributed by atoms with Gasteiger partial charge in [0.1, 0.15) is 0 Å². The smallest absolute Gasteiger partial charge is 0.310 e. The highest BCUT2D eigenvalue weighted by Gasteiger charge is 2.37. The molecule has 6 nitrogen and oxygen atoms in total. The molecule has 2 atom stereocenters. The molecule has 1 N–H and O–H groups in total. The van der Waals surface area contributed by atoms with Crippen molar-refractivity contribution in [1.82, 2.24) is 14.7 Å². The summed E-state index contributed by atoms with van der Waals surface area (Å²) >= 11 is 0. The van der Waals surface area contributed by atoms with Crippen molar-refractivity contribution >= 4 is 5.97 Å². The molecule has 1 aliphatic rings. The fraction of sp³-hybridized carbons (Fsp3) is 0.692. The average Bonchev–Trinajstić information content (AvgIpc) is 2.98. The maximum absolute atomic E-state index is 11.3. The number of carbonyl (C=O) groups is 1. The Bertz CT molecular complexity index is 433. The highest BCUT2D eigenvalue weighted by molar-refractivity contribution is 5.71. The summed E-state index contributed by atoms with van der Waals surface area (Å²) in [6.07, 6.45) is 2.75. The van der Waals surface area contributed by atoms with Gasteiger partial charge < -0.3 is 9.84 Å². The van der Waals surface area contributed by atoms with Crippen molar-refractivity contribution in [2.45, 2.75) is 25.9 Å². The Morgan fingerprint density at radius 3 is 3.00 bits per heavy atom. The maximum atomic E-state index is 11.3. The highest BCUT2D eigenvalue weighted by atomic mass is 16.5. The normalized spacial score (nSPS) is 23.1. The molecule has 0 bridgehead atoms. The number of nitrogens with zero attached hydrogens (tertiary/aromatic N) is 3. The molecule has 1 aromatic heterocycles. The van der Waals surface area contributed by atoms with Gasteiger partial charge in [-0.05, 0) is 19.0 Å². The minimum Gasteiger partial charge on any atom is -0.481 e. The fourth-order valence-corrected chi connectivity index (χ4v) is 2.55. The van der Waals surface area contributed by atoms with Gasteiger partial charge in [-0.2, -0.15) is 5.10 Å². The van der Waals surface area contributed by atoms with Crippen LogP contribution < -0.4 is 0 Å². The minimum absolute atomic E-state index is 0.0488. The lowest BCUT2D eigenvalue weighted by Gasteiger charge is -2.29. The lowest BCUT2D eigenvalue weighted by molar-refractivity contribution is -0.143. The van der Waals surface area contributed by atoms with Gasteiger partial charge in [0.2, 0.25) is 0 Å². The predicted octanol–water partition coefficient (Wildman–Crippen LogP) is 0.732. The van der Waals surface area contributed by atoms with E-state index in [9.17, 15) is 9.90 Å². The topological polar surface area (TPSA) is 67.6 Å². The lowest BCUT2D eigenvalue weighted by atomic mass is 10.0. The molecule has 6 heteroatoms. The van der Waals surface area contributed by atoms with E-state index in [1.54, 1.807) is 6.20 Å². The first-order valence-electron chi connectivity index (χ1n) is 6.65. The Hall–Kier alpha value is -1.40. The summed E-state index contributed by atoms with van der Waals surface area (Å²) in [5.74, 6) is -1.20. The van der Waals surface area contributed by atoms with Gasteiger partial charge in [0.05, 0.1) is 24.8 Å². The molecule has 1 saturated heterocycles. The van der Waals surface area contributed by atoms with Gasteiger partial charge in [-0.1, -0.05) is 6.92 Å². The van der Waals surface area contributed by atoms with E-state index in [-0.39, 0.29) is 6.04 Å². The van der Waals surface area contributed by atoms with E-state index in [0.29, 0.717) is 19.8 Å². The van der Waals surface area contributed by atoms with E-state index >= 15 is 0 Å². The number of aliphatic carboxylic acids is 1.